The molecular weight excluding hydrogens is 326 g/mol. The Kier molecular flexibility index (Phi) is 3.08. The minimum atomic E-state index is 0.957. The molecule has 1 aromatic heterocycles. The van der Waals surface area contributed by atoms with E-state index in [1.54, 1.807) is 0 Å². The number of aryl methyl sites for hydroxylation is 1. The van der Waals surface area contributed by atoms with Crippen LogP contribution in [0.5, 0.6) is 0 Å². The molecule has 2 heterocycles. The van der Waals surface area contributed by atoms with Gasteiger partial charge in [0.2, 0.25) is 0 Å². The van der Waals surface area contributed by atoms with Crippen molar-refractivity contribution in [3.63, 3.8) is 0 Å². The van der Waals surface area contributed by atoms with Gasteiger partial charge in [0.15, 0.2) is 0 Å². The van der Waals surface area contributed by atoms with Gasteiger partial charge in [-0.1, -0.05) is 28.1 Å². The zero-order chi connectivity index (χ0) is 14.4. The Morgan fingerprint density at radius 2 is 2.05 bits per heavy atom. The minimum Gasteiger partial charge on any atom is -0.327 e. The number of nitrogens with one attached hydrogen (secondary N) is 1. The summed E-state index contributed by atoms with van der Waals surface area (Å²) < 4.78 is 3.23. The van der Waals surface area contributed by atoms with E-state index in [1.807, 2.05) is 0 Å². The molecule has 21 heavy (non-hydrogen) atoms. The minimum absolute atomic E-state index is 0.957. The van der Waals surface area contributed by atoms with Crippen molar-refractivity contribution in [3.05, 3.63) is 52.0 Å². The quantitative estimate of drug-likeness (QED) is 0.732. The average molecular weight is 342 g/mol. The first-order valence-corrected chi connectivity index (χ1v) is 7.96. The van der Waals surface area contributed by atoms with Gasteiger partial charge in [-0.25, -0.2) is 4.98 Å². The van der Waals surface area contributed by atoms with E-state index in [0.29, 0.717) is 0 Å². The molecule has 106 valence electrons. The van der Waals surface area contributed by atoms with Crippen molar-refractivity contribution in [3.8, 4) is 11.4 Å². The summed E-state index contributed by atoms with van der Waals surface area (Å²) in [5, 5.41) is 3.43. The molecule has 4 heteroatoms. The number of benzene rings is 2. The Labute approximate surface area is 132 Å². The first-order valence-electron chi connectivity index (χ1n) is 7.17. The molecule has 0 spiro atoms. The van der Waals surface area contributed by atoms with Crippen LogP contribution in [0, 0.1) is 0 Å². The van der Waals surface area contributed by atoms with Crippen molar-refractivity contribution in [2.45, 2.75) is 13.0 Å². The lowest BCUT2D eigenvalue weighted by molar-refractivity contribution is 0.644. The number of hydrogen-bond donors (Lipinski definition) is 1. The highest BCUT2D eigenvalue weighted by atomic mass is 79.9. The summed E-state index contributed by atoms with van der Waals surface area (Å²) in [5.74, 6) is 1.02. The summed E-state index contributed by atoms with van der Waals surface area (Å²) in [6.07, 6.45) is 1.12. The normalized spacial score (nSPS) is 14.4. The molecule has 1 N–H and O–H groups in total. The number of halogens is 1. The van der Waals surface area contributed by atoms with Gasteiger partial charge in [0.05, 0.1) is 11.0 Å². The molecule has 0 aliphatic carbocycles. The number of rotatable bonds is 1. The van der Waals surface area contributed by atoms with Crippen LogP contribution < -0.4 is 5.32 Å². The van der Waals surface area contributed by atoms with Crippen molar-refractivity contribution in [1.82, 2.24) is 14.9 Å². The third kappa shape index (κ3) is 2.19. The zero-order valence-electron chi connectivity index (χ0n) is 11.9. The highest BCUT2D eigenvalue weighted by Gasteiger charge is 2.14. The maximum atomic E-state index is 4.80. The lowest BCUT2D eigenvalue weighted by atomic mass is 9.98. The fourth-order valence-electron chi connectivity index (χ4n) is 3.05. The second-order valence-electron chi connectivity index (χ2n) is 5.54. The molecule has 0 saturated heterocycles. The van der Waals surface area contributed by atoms with E-state index in [4.69, 9.17) is 4.98 Å². The van der Waals surface area contributed by atoms with Crippen molar-refractivity contribution in [2.75, 3.05) is 6.54 Å². The number of fused-ring (bicyclic) bond motifs is 2. The van der Waals surface area contributed by atoms with Gasteiger partial charge in [0.25, 0.3) is 0 Å². The first kappa shape index (κ1) is 13.0. The van der Waals surface area contributed by atoms with Crippen molar-refractivity contribution in [1.29, 1.82) is 0 Å². The molecule has 0 radical (unpaired) electrons. The second kappa shape index (κ2) is 4.97. The van der Waals surface area contributed by atoms with Crippen molar-refractivity contribution in [2.24, 2.45) is 7.05 Å². The largest absolute Gasteiger partial charge is 0.327 e. The number of imidazole rings is 1. The lowest BCUT2D eigenvalue weighted by Crippen LogP contribution is -2.23. The molecule has 2 aromatic carbocycles. The fourth-order valence-corrected chi connectivity index (χ4v) is 3.40. The Morgan fingerprint density at radius 3 is 2.95 bits per heavy atom. The zero-order valence-corrected chi connectivity index (χ0v) is 13.4. The van der Waals surface area contributed by atoms with Gasteiger partial charge in [-0.05, 0) is 48.4 Å². The van der Waals surface area contributed by atoms with E-state index in [0.717, 1.165) is 40.8 Å². The van der Waals surface area contributed by atoms with Gasteiger partial charge in [-0.3, -0.25) is 0 Å². The lowest BCUT2D eigenvalue weighted by Gasteiger charge is -2.17. The van der Waals surface area contributed by atoms with Crippen LogP contribution in [-0.2, 0) is 20.0 Å². The summed E-state index contributed by atoms with van der Waals surface area (Å²) in [6, 6.07) is 13.0. The summed E-state index contributed by atoms with van der Waals surface area (Å²) >= 11 is 3.51. The van der Waals surface area contributed by atoms with Crippen LogP contribution in [0.15, 0.2) is 40.9 Å². The Balaban J connectivity index is 1.88. The van der Waals surface area contributed by atoms with E-state index in [9.17, 15) is 0 Å². The van der Waals surface area contributed by atoms with Gasteiger partial charge in [-0.2, -0.15) is 0 Å². The predicted molar refractivity (Wildman–Crippen MR) is 89.3 cm³/mol. The molecule has 0 fully saturated rings. The maximum absolute atomic E-state index is 4.80. The molecule has 0 bridgehead atoms. The highest BCUT2D eigenvalue weighted by Crippen LogP contribution is 2.28. The van der Waals surface area contributed by atoms with Gasteiger partial charge in [0, 0.05) is 23.6 Å². The predicted octanol–water partition coefficient (Wildman–Crippen LogP) is 3.65. The second-order valence-corrected chi connectivity index (χ2v) is 6.45. The molecule has 4 rings (SSSR count). The molecule has 3 nitrogen and oxygen atoms in total. The molecule has 3 aromatic rings. The molecule has 0 amide bonds. The molecule has 0 saturated carbocycles. The number of aromatic nitrogens is 2. The Morgan fingerprint density at radius 1 is 1.14 bits per heavy atom. The standard InChI is InChI=1S/C17H16BrN3/c1-21-16-5-4-14(18)9-15(16)20-17(21)12-3-2-11-6-7-19-10-13(11)8-12/h2-5,8-9,19H,6-7,10H2,1H3. The first-order chi connectivity index (χ1) is 10.2. The van der Waals surface area contributed by atoms with E-state index in [2.05, 4.69) is 69.3 Å². The smallest absolute Gasteiger partial charge is 0.140 e. The monoisotopic (exact) mass is 341 g/mol. The van der Waals surface area contributed by atoms with Gasteiger partial charge >= 0.3 is 0 Å². The van der Waals surface area contributed by atoms with Gasteiger partial charge in [-0.15, -0.1) is 0 Å². The van der Waals surface area contributed by atoms with Gasteiger partial charge < -0.3 is 9.88 Å². The van der Waals surface area contributed by atoms with Crippen LogP contribution in [0.2, 0.25) is 0 Å². The fraction of sp³-hybridized carbons (Fsp3) is 0.235. The van der Waals surface area contributed by atoms with E-state index < -0.39 is 0 Å². The molecule has 1 aliphatic rings. The Hall–Kier alpha value is -1.65. The van der Waals surface area contributed by atoms with Crippen LogP contribution in [0.1, 0.15) is 11.1 Å². The topological polar surface area (TPSA) is 29.9 Å². The van der Waals surface area contributed by atoms with Gasteiger partial charge in [0.1, 0.15) is 5.82 Å². The van der Waals surface area contributed by atoms with Crippen LogP contribution in [0.25, 0.3) is 22.4 Å². The van der Waals surface area contributed by atoms with Crippen LogP contribution in [0.4, 0.5) is 0 Å². The number of hydrogen-bond acceptors (Lipinski definition) is 2. The Bertz CT molecular complexity index is 835. The van der Waals surface area contributed by atoms with E-state index in [-0.39, 0.29) is 0 Å². The summed E-state index contributed by atoms with van der Waals surface area (Å²) in [6.45, 7) is 2.03. The third-order valence-electron chi connectivity index (χ3n) is 4.19. The van der Waals surface area contributed by atoms with Crippen molar-refractivity contribution >= 4 is 27.0 Å². The number of nitrogens with zero attached hydrogens (tertiary/aromatic N) is 2. The van der Waals surface area contributed by atoms with Crippen molar-refractivity contribution < 1.29 is 0 Å². The summed E-state index contributed by atoms with van der Waals surface area (Å²) in [7, 11) is 2.08. The SMILES string of the molecule is Cn1c(-c2ccc3c(c2)CNCC3)nc2cc(Br)ccc21. The molecule has 0 unspecified atom stereocenters. The third-order valence-corrected chi connectivity index (χ3v) is 4.69. The van der Waals surface area contributed by atoms with Crippen LogP contribution in [0.3, 0.4) is 0 Å². The van der Waals surface area contributed by atoms with E-state index in [1.165, 1.54) is 16.7 Å². The average Bonchev–Trinajstić information content (AvgIpc) is 2.83. The molecule has 0 atom stereocenters. The molecular formula is C17H16BrN3. The highest BCUT2D eigenvalue weighted by molar-refractivity contribution is 9.10. The van der Waals surface area contributed by atoms with Crippen LogP contribution in [-0.4, -0.2) is 16.1 Å². The maximum Gasteiger partial charge on any atom is 0.140 e. The summed E-state index contributed by atoms with van der Waals surface area (Å²) in [5.41, 5.74) is 6.22. The van der Waals surface area contributed by atoms with Crippen LogP contribution >= 0.6 is 15.9 Å². The molecule has 1 aliphatic heterocycles. The summed E-state index contributed by atoms with van der Waals surface area (Å²) in [4.78, 5) is 4.80. The van der Waals surface area contributed by atoms with E-state index >= 15 is 0 Å².